The van der Waals surface area contributed by atoms with Gasteiger partial charge in [-0.05, 0) is 60.9 Å². The zero-order valence-corrected chi connectivity index (χ0v) is 16.6. The number of fused-ring (bicyclic) bond motifs is 3. The number of amides is 1. The second kappa shape index (κ2) is 6.52. The molecule has 9 heteroatoms. The van der Waals surface area contributed by atoms with Crippen LogP contribution in [0.25, 0.3) is 5.65 Å². The average molecular weight is 415 g/mol. The monoisotopic (exact) mass is 415 g/mol. The van der Waals surface area contributed by atoms with Gasteiger partial charge < -0.3 is 4.90 Å². The van der Waals surface area contributed by atoms with Gasteiger partial charge in [0.1, 0.15) is 12.0 Å². The number of alkyl halides is 3. The Kier molecular flexibility index (Phi) is 4.13. The number of rotatable bonds is 3. The number of pyridine rings is 2. The highest BCUT2D eigenvalue weighted by Crippen LogP contribution is 2.50. The van der Waals surface area contributed by atoms with Crippen molar-refractivity contribution in [2.75, 3.05) is 0 Å². The third kappa shape index (κ3) is 3.03. The van der Waals surface area contributed by atoms with Gasteiger partial charge in [0.05, 0.1) is 6.54 Å². The molecule has 0 N–H and O–H groups in total. The van der Waals surface area contributed by atoms with E-state index in [4.69, 9.17) is 0 Å². The van der Waals surface area contributed by atoms with E-state index in [0.717, 1.165) is 40.5 Å². The molecule has 0 aromatic carbocycles. The lowest BCUT2D eigenvalue weighted by Crippen LogP contribution is -2.25. The molecule has 1 aliphatic heterocycles. The first-order valence-corrected chi connectivity index (χ1v) is 9.85. The van der Waals surface area contributed by atoms with Crippen molar-refractivity contribution in [2.24, 2.45) is 5.92 Å². The molecule has 1 fully saturated rings. The molecular formula is C21H20F3N5O. The molecular weight excluding hydrogens is 395 g/mol. The molecule has 2 unspecified atom stereocenters. The van der Waals surface area contributed by atoms with Crippen molar-refractivity contribution in [1.29, 1.82) is 0 Å². The molecule has 2 aliphatic rings. The molecule has 156 valence electrons. The average Bonchev–Trinajstić information content (AvgIpc) is 3.11. The second-order valence-corrected chi connectivity index (χ2v) is 8.19. The fourth-order valence-electron chi connectivity index (χ4n) is 4.49. The summed E-state index contributed by atoms with van der Waals surface area (Å²) in [5, 5.41) is 4.27. The summed E-state index contributed by atoms with van der Waals surface area (Å²) in [6, 6.07) is 2.72. The lowest BCUT2D eigenvalue weighted by molar-refractivity contribution is -0.141. The van der Waals surface area contributed by atoms with Gasteiger partial charge in [-0.1, -0.05) is 0 Å². The minimum Gasteiger partial charge on any atom is -0.334 e. The number of aromatic nitrogens is 4. The fraction of sp³-hybridized carbons (Fsp3) is 0.429. The van der Waals surface area contributed by atoms with Gasteiger partial charge >= 0.3 is 6.18 Å². The summed E-state index contributed by atoms with van der Waals surface area (Å²) in [5.74, 6) is 0.0781. The summed E-state index contributed by atoms with van der Waals surface area (Å²) in [5.41, 5.74) is 4.78. The predicted molar refractivity (Wildman–Crippen MR) is 101 cm³/mol. The van der Waals surface area contributed by atoms with E-state index in [-0.39, 0.29) is 17.7 Å². The standard InChI is InChI=1S/C21H20F3N5O/c1-11-12(2)29-20(26-10-27-29)17-9-28(8-16(11)17)19(30)7-14-5-15(14)13-3-4-25-18(6-13)21(22,23)24/h3-4,6,10,14-15H,5,7-9H2,1-2H3. The number of hydrogen-bond acceptors (Lipinski definition) is 4. The number of aryl methyl sites for hydroxylation is 1. The number of carbonyl (C=O) groups is 1. The smallest absolute Gasteiger partial charge is 0.334 e. The third-order valence-electron chi connectivity index (χ3n) is 6.41. The van der Waals surface area contributed by atoms with Crippen LogP contribution in [-0.2, 0) is 24.1 Å². The Labute approximate surface area is 170 Å². The van der Waals surface area contributed by atoms with Gasteiger partial charge in [-0.3, -0.25) is 9.78 Å². The summed E-state index contributed by atoms with van der Waals surface area (Å²) >= 11 is 0. The summed E-state index contributed by atoms with van der Waals surface area (Å²) in [4.78, 5) is 22.5. The summed E-state index contributed by atoms with van der Waals surface area (Å²) < 4.78 is 40.5. The Morgan fingerprint density at radius 3 is 2.73 bits per heavy atom. The molecule has 30 heavy (non-hydrogen) atoms. The summed E-state index contributed by atoms with van der Waals surface area (Å²) in [6.45, 7) is 5.04. The van der Waals surface area contributed by atoms with Crippen molar-refractivity contribution in [2.45, 2.75) is 51.9 Å². The second-order valence-electron chi connectivity index (χ2n) is 8.19. The molecule has 0 radical (unpaired) electrons. The van der Waals surface area contributed by atoms with Gasteiger partial charge in [-0.15, -0.1) is 0 Å². The highest BCUT2D eigenvalue weighted by molar-refractivity contribution is 5.78. The van der Waals surface area contributed by atoms with Gasteiger partial charge in [0, 0.05) is 30.4 Å². The molecule has 1 saturated carbocycles. The fourth-order valence-corrected chi connectivity index (χ4v) is 4.49. The van der Waals surface area contributed by atoms with Crippen LogP contribution in [0.2, 0.25) is 0 Å². The maximum atomic E-state index is 12.9. The zero-order valence-electron chi connectivity index (χ0n) is 16.6. The third-order valence-corrected chi connectivity index (χ3v) is 6.41. The molecule has 1 aliphatic carbocycles. The van der Waals surface area contributed by atoms with Crippen molar-refractivity contribution >= 4 is 11.6 Å². The first-order chi connectivity index (χ1) is 14.2. The quantitative estimate of drug-likeness (QED) is 0.653. The Hall–Kier alpha value is -2.97. The molecule has 3 aromatic rings. The van der Waals surface area contributed by atoms with Crippen molar-refractivity contribution in [1.82, 2.24) is 24.5 Å². The Morgan fingerprint density at radius 1 is 1.20 bits per heavy atom. The van der Waals surface area contributed by atoms with Crippen molar-refractivity contribution in [3.63, 3.8) is 0 Å². The van der Waals surface area contributed by atoms with Crippen LogP contribution in [0.4, 0.5) is 13.2 Å². The van der Waals surface area contributed by atoms with Crippen molar-refractivity contribution in [3.05, 3.63) is 58.3 Å². The Bertz CT molecular complexity index is 1170. The highest BCUT2D eigenvalue weighted by atomic mass is 19.4. The maximum Gasteiger partial charge on any atom is 0.433 e. The molecule has 5 rings (SSSR count). The van der Waals surface area contributed by atoms with Crippen LogP contribution >= 0.6 is 0 Å². The SMILES string of the molecule is Cc1c2c(c3ncnn3c1C)CN(C(=O)CC1CC1c1ccnc(C(F)(F)F)c1)C2. The van der Waals surface area contributed by atoms with Crippen LogP contribution in [-0.4, -0.2) is 30.4 Å². The van der Waals surface area contributed by atoms with E-state index in [1.807, 2.05) is 18.7 Å². The van der Waals surface area contributed by atoms with Crippen LogP contribution in [0.15, 0.2) is 24.7 Å². The number of nitrogens with zero attached hydrogens (tertiary/aromatic N) is 5. The summed E-state index contributed by atoms with van der Waals surface area (Å²) in [7, 11) is 0. The topological polar surface area (TPSA) is 63.4 Å². The minimum atomic E-state index is -4.46. The molecule has 0 spiro atoms. The molecule has 0 saturated heterocycles. The van der Waals surface area contributed by atoms with E-state index in [1.54, 1.807) is 10.6 Å². The van der Waals surface area contributed by atoms with Gasteiger partial charge in [-0.25, -0.2) is 9.50 Å². The number of halogens is 3. The summed E-state index contributed by atoms with van der Waals surface area (Å²) in [6.07, 6.45) is -0.684. The molecule has 0 bridgehead atoms. The Morgan fingerprint density at radius 2 is 1.97 bits per heavy atom. The van der Waals surface area contributed by atoms with Crippen LogP contribution in [0.3, 0.4) is 0 Å². The number of carbonyl (C=O) groups excluding carboxylic acids is 1. The van der Waals surface area contributed by atoms with E-state index in [9.17, 15) is 18.0 Å². The largest absolute Gasteiger partial charge is 0.433 e. The highest BCUT2D eigenvalue weighted by Gasteiger charge is 2.42. The number of hydrogen-bond donors (Lipinski definition) is 0. The van der Waals surface area contributed by atoms with Crippen LogP contribution in [0.1, 0.15) is 52.4 Å². The predicted octanol–water partition coefficient (Wildman–Crippen LogP) is 3.80. The van der Waals surface area contributed by atoms with Gasteiger partial charge in [0.25, 0.3) is 0 Å². The minimum absolute atomic E-state index is 0.0183. The molecule has 2 atom stereocenters. The van der Waals surface area contributed by atoms with E-state index >= 15 is 0 Å². The first kappa shape index (κ1) is 19.0. The van der Waals surface area contributed by atoms with E-state index in [0.29, 0.717) is 25.1 Å². The normalized spacial score (nSPS) is 20.6. The first-order valence-electron chi connectivity index (χ1n) is 9.85. The molecule has 1 amide bonds. The molecule has 4 heterocycles. The van der Waals surface area contributed by atoms with E-state index in [1.165, 1.54) is 12.5 Å². The Balaban J connectivity index is 1.29. The van der Waals surface area contributed by atoms with Gasteiger partial charge in [0.2, 0.25) is 5.91 Å². The lowest BCUT2D eigenvalue weighted by Gasteiger charge is -2.15. The molecule has 3 aromatic heterocycles. The van der Waals surface area contributed by atoms with Crippen molar-refractivity contribution in [3.8, 4) is 0 Å². The van der Waals surface area contributed by atoms with E-state index in [2.05, 4.69) is 15.1 Å². The van der Waals surface area contributed by atoms with Crippen LogP contribution < -0.4 is 0 Å². The zero-order chi connectivity index (χ0) is 21.2. The van der Waals surface area contributed by atoms with E-state index < -0.39 is 11.9 Å². The van der Waals surface area contributed by atoms with Gasteiger partial charge in [0.15, 0.2) is 5.65 Å². The van der Waals surface area contributed by atoms with Crippen molar-refractivity contribution < 1.29 is 18.0 Å². The van der Waals surface area contributed by atoms with Crippen LogP contribution in [0.5, 0.6) is 0 Å². The van der Waals surface area contributed by atoms with Crippen LogP contribution in [0, 0.1) is 19.8 Å². The van der Waals surface area contributed by atoms with Gasteiger partial charge in [-0.2, -0.15) is 18.3 Å². The lowest BCUT2D eigenvalue weighted by atomic mass is 10.0. The maximum absolute atomic E-state index is 12.9. The molecule has 6 nitrogen and oxygen atoms in total.